The zero-order valence-electron chi connectivity index (χ0n) is 12.4. The van der Waals surface area contributed by atoms with Gasteiger partial charge < -0.3 is 15.0 Å². The van der Waals surface area contributed by atoms with Crippen LogP contribution in [0.15, 0.2) is 0 Å². The van der Waals surface area contributed by atoms with Gasteiger partial charge in [0.25, 0.3) is 0 Å². The van der Waals surface area contributed by atoms with E-state index in [0.717, 1.165) is 38.5 Å². The number of carbonyl (C=O) groups excluding carboxylic acids is 2. The summed E-state index contributed by atoms with van der Waals surface area (Å²) in [7, 11) is 0. The second-order valence-corrected chi connectivity index (χ2v) is 7.03. The summed E-state index contributed by atoms with van der Waals surface area (Å²) >= 11 is 0. The molecule has 3 rings (SSSR count). The molecule has 2 aliphatic heterocycles. The number of nitrogens with zero attached hydrogens (tertiary/aromatic N) is 1. The van der Waals surface area contributed by atoms with Crippen molar-refractivity contribution in [3.8, 4) is 0 Å². The van der Waals surface area contributed by atoms with Crippen molar-refractivity contribution in [1.29, 1.82) is 0 Å². The number of hydrogen-bond acceptors (Lipinski definition) is 3. The molecule has 2 heterocycles. The second-order valence-electron chi connectivity index (χ2n) is 7.03. The van der Waals surface area contributed by atoms with Gasteiger partial charge >= 0.3 is 0 Å². The van der Waals surface area contributed by atoms with E-state index in [1.807, 2.05) is 4.90 Å². The number of ether oxygens (including phenoxy) is 1. The highest BCUT2D eigenvalue weighted by Gasteiger charge is 2.50. The number of piperazine rings is 1. The second kappa shape index (κ2) is 4.72. The van der Waals surface area contributed by atoms with Gasteiger partial charge in [-0.25, -0.2) is 0 Å². The van der Waals surface area contributed by atoms with Crippen LogP contribution in [-0.4, -0.2) is 47.0 Å². The van der Waals surface area contributed by atoms with Gasteiger partial charge in [0.15, 0.2) is 0 Å². The van der Waals surface area contributed by atoms with Gasteiger partial charge in [-0.1, -0.05) is 12.8 Å². The lowest BCUT2D eigenvalue weighted by Gasteiger charge is -2.47. The van der Waals surface area contributed by atoms with E-state index in [0.29, 0.717) is 6.61 Å². The molecule has 1 saturated carbocycles. The zero-order chi connectivity index (χ0) is 14.4. The molecule has 0 aromatic carbocycles. The van der Waals surface area contributed by atoms with E-state index < -0.39 is 5.54 Å². The summed E-state index contributed by atoms with van der Waals surface area (Å²) in [6, 6.07) is 0.134. The molecule has 1 N–H and O–H groups in total. The van der Waals surface area contributed by atoms with E-state index >= 15 is 0 Å². The Morgan fingerprint density at radius 1 is 1.25 bits per heavy atom. The molecule has 2 saturated heterocycles. The van der Waals surface area contributed by atoms with Crippen LogP contribution in [0.1, 0.15) is 52.4 Å². The first kappa shape index (κ1) is 13.9. The normalized spacial score (nSPS) is 32.5. The van der Waals surface area contributed by atoms with Crippen molar-refractivity contribution in [1.82, 2.24) is 10.2 Å². The number of carbonyl (C=O) groups is 2. The lowest BCUT2D eigenvalue weighted by molar-refractivity contribution is -0.158. The number of amides is 2. The molecule has 5 nitrogen and oxygen atoms in total. The van der Waals surface area contributed by atoms with Gasteiger partial charge in [0.1, 0.15) is 5.54 Å². The van der Waals surface area contributed by atoms with Gasteiger partial charge in [-0.15, -0.1) is 0 Å². The zero-order valence-corrected chi connectivity index (χ0v) is 12.4. The van der Waals surface area contributed by atoms with Crippen molar-refractivity contribution in [2.45, 2.75) is 69.6 Å². The molecule has 20 heavy (non-hydrogen) atoms. The molecule has 1 aliphatic carbocycles. The van der Waals surface area contributed by atoms with Crippen LogP contribution in [0.2, 0.25) is 0 Å². The summed E-state index contributed by atoms with van der Waals surface area (Å²) in [5, 5.41) is 2.97. The summed E-state index contributed by atoms with van der Waals surface area (Å²) in [6.45, 7) is 4.98. The fraction of sp³-hybridized carbons (Fsp3) is 0.867. The topological polar surface area (TPSA) is 58.6 Å². The first-order valence-electron chi connectivity index (χ1n) is 7.68. The number of rotatable bonds is 1. The Morgan fingerprint density at radius 3 is 2.60 bits per heavy atom. The predicted octanol–water partition coefficient (Wildman–Crippen LogP) is 1.22. The maximum absolute atomic E-state index is 12.9. The Bertz CT molecular complexity index is 427. The van der Waals surface area contributed by atoms with Crippen LogP contribution >= 0.6 is 0 Å². The summed E-state index contributed by atoms with van der Waals surface area (Å²) in [5.74, 6) is 0.132. The monoisotopic (exact) mass is 280 g/mol. The molecule has 5 heteroatoms. The van der Waals surface area contributed by atoms with Crippen LogP contribution in [-0.2, 0) is 14.3 Å². The summed E-state index contributed by atoms with van der Waals surface area (Å²) < 4.78 is 5.73. The lowest BCUT2D eigenvalue weighted by atomic mass is 9.88. The maximum Gasteiger partial charge on any atom is 0.249 e. The highest BCUT2D eigenvalue weighted by atomic mass is 16.5. The molecular formula is C15H24N2O3. The third-order valence-corrected chi connectivity index (χ3v) is 4.93. The van der Waals surface area contributed by atoms with Crippen LogP contribution in [0.3, 0.4) is 0 Å². The van der Waals surface area contributed by atoms with Crippen molar-refractivity contribution >= 4 is 11.8 Å². The molecule has 3 aliphatic rings. The largest absolute Gasteiger partial charge is 0.375 e. The van der Waals surface area contributed by atoms with Crippen molar-refractivity contribution in [3.05, 3.63) is 0 Å². The number of nitrogens with one attached hydrogen (secondary N) is 1. The molecule has 1 spiro atoms. The molecule has 112 valence electrons. The van der Waals surface area contributed by atoms with Crippen molar-refractivity contribution in [3.63, 3.8) is 0 Å². The fourth-order valence-corrected chi connectivity index (χ4v) is 3.94. The lowest BCUT2D eigenvalue weighted by Crippen LogP contribution is -2.68. The molecule has 0 aromatic heterocycles. The Kier molecular flexibility index (Phi) is 3.27. The van der Waals surface area contributed by atoms with E-state index in [1.54, 1.807) is 0 Å². The first-order valence-corrected chi connectivity index (χ1v) is 7.68. The molecule has 3 fully saturated rings. The van der Waals surface area contributed by atoms with E-state index in [4.69, 9.17) is 4.74 Å². The predicted molar refractivity (Wildman–Crippen MR) is 74.1 cm³/mol. The Balaban J connectivity index is 1.81. The van der Waals surface area contributed by atoms with Gasteiger partial charge in [0, 0.05) is 12.6 Å². The van der Waals surface area contributed by atoms with Gasteiger partial charge in [-0.05, 0) is 39.5 Å². The minimum absolute atomic E-state index is 0.00389. The summed E-state index contributed by atoms with van der Waals surface area (Å²) in [4.78, 5) is 26.8. The fourth-order valence-electron chi connectivity index (χ4n) is 3.94. The van der Waals surface area contributed by atoms with Crippen molar-refractivity contribution in [2.75, 3.05) is 13.2 Å². The van der Waals surface area contributed by atoms with Crippen LogP contribution in [0.5, 0.6) is 0 Å². The third kappa shape index (κ3) is 2.32. The van der Waals surface area contributed by atoms with Crippen molar-refractivity contribution < 1.29 is 14.3 Å². The molecule has 0 radical (unpaired) electrons. The summed E-state index contributed by atoms with van der Waals surface area (Å²) in [6.07, 6.45) is 5.28. The van der Waals surface area contributed by atoms with E-state index in [1.165, 1.54) is 0 Å². The SMILES string of the molecule is CC1(C)CC(N2CC(=O)NC3(CCCC3)C2=O)CCO1. The quantitative estimate of drug-likeness (QED) is 0.785. The van der Waals surface area contributed by atoms with Crippen LogP contribution < -0.4 is 5.32 Å². The highest BCUT2D eigenvalue weighted by Crippen LogP contribution is 2.36. The third-order valence-electron chi connectivity index (χ3n) is 4.93. The summed E-state index contributed by atoms with van der Waals surface area (Å²) in [5.41, 5.74) is -0.808. The smallest absolute Gasteiger partial charge is 0.249 e. The van der Waals surface area contributed by atoms with Crippen LogP contribution in [0.25, 0.3) is 0 Å². The Hall–Kier alpha value is -1.10. The molecular weight excluding hydrogens is 256 g/mol. The molecule has 1 unspecified atom stereocenters. The van der Waals surface area contributed by atoms with Crippen molar-refractivity contribution in [2.24, 2.45) is 0 Å². The average Bonchev–Trinajstić information content (AvgIpc) is 2.82. The highest BCUT2D eigenvalue weighted by molar-refractivity contribution is 5.98. The van der Waals surface area contributed by atoms with E-state index in [-0.39, 0.29) is 30.0 Å². The van der Waals surface area contributed by atoms with Gasteiger partial charge in [0.2, 0.25) is 11.8 Å². The minimum Gasteiger partial charge on any atom is -0.375 e. The molecule has 2 amide bonds. The van der Waals surface area contributed by atoms with E-state index in [2.05, 4.69) is 19.2 Å². The van der Waals surface area contributed by atoms with E-state index in [9.17, 15) is 9.59 Å². The molecule has 0 aromatic rings. The van der Waals surface area contributed by atoms with Gasteiger partial charge in [-0.3, -0.25) is 9.59 Å². The molecule has 1 atom stereocenters. The van der Waals surface area contributed by atoms with Crippen LogP contribution in [0.4, 0.5) is 0 Å². The maximum atomic E-state index is 12.9. The average molecular weight is 280 g/mol. The number of hydrogen-bond donors (Lipinski definition) is 1. The first-order chi connectivity index (χ1) is 9.42. The van der Waals surface area contributed by atoms with Crippen LogP contribution in [0, 0.1) is 0 Å². The Morgan fingerprint density at radius 2 is 1.95 bits per heavy atom. The standard InChI is InChI=1S/C15H24N2O3/c1-14(2)9-11(5-8-20-14)17-10-12(18)16-15(13(17)19)6-3-4-7-15/h11H,3-10H2,1-2H3,(H,16,18). The minimum atomic E-state index is -0.599. The van der Waals surface area contributed by atoms with Gasteiger partial charge in [0.05, 0.1) is 12.1 Å². The Labute approximate surface area is 120 Å². The van der Waals surface area contributed by atoms with Gasteiger partial charge in [-0.2, -0.15) is 0 Å². The molecule has 0 bridgehead atoms.